The monoisotopic (exact) mass is 256 g/mol. The van der Waals surface area contributed by atoms with Gasteiger partial charge in [-0.1, -0.05) is 31.4 Å². The molecule has 0 heterocycles. The van der Waals surface area contributed by atoms with Gasteiger partial charge in [-0.2, -0.15) is 0 Å². The predicted octanol–water partition coefficient (Wildman–Crippen LogP) is 3.21. The summed E-state index contributed by atoms with van der Waals surface area (Å²) in [5.74, 6) is -1.19. The Morgan fingerprint density at radius 2 is 2.11 bits per heavy atom. The van der Waals surface area contributed by atoms with E-state index in [1.807, 2.05) is 0 Å². The van der Waals surface area contributed by atoms with Gasteiger partial charge in [0.25, 0.3) is 0 Å². The van der Waals surface area contributed by atoms with Crippen molar-refractivity contribution in [1.82, 2.24) is 0 Å². The first kappa shape index (κ1) is 13.4. The fraction of sp³-hybridized carbons (Fsp3) is 0.571. The highest BCUT2D eigenvalue weighted by Crippen LogP contribution is 2.29. The number of rotatable bonds is 6. The highest BCUT2D eigenvalue weighted by Gasteiger charge is 2.18. The second-order valence-corrected chi connectivity index (χ2v) is 4.82. The SMILES string of the molecule is OC(COCCC1CCC1)c1cccc(F)c1F. The second kappa shape index (κ2) is 6.25. The van der Waals surface area contributed by atoms with Gasteiger partial charge in [0.1, 0.15) is 6.10 Å². The van der Waals surface area contributed by atoms with Crippen LogP contribution in [0.3, 0.4) is 0 Å². The maximum atomic E-state index is 13.4. The summed E-state index contributed by atoms with van der Waals surface area (Å²) in [5, 5.41) is 9.73. The van der Waals surface area contributed by atoms with E-state index in [9.17, 15) is 13.9 Å². The number of hydrogen-bond acceptors (Lipinski definition) is 2. The van der Waals surface area contributed by atoms with Crippen molar-refractivity contribution in [3.05, 3.63) is 35.4 Å². The lowest BCUT2D eigenvalue weighted by Crippen LogP contribution is -2.16. The lowest BCUT2D eigenvalue weighted by molar-refractivity contribution is 0.0248. The smallest absolute Gasteiger partial charge is 0.164 e. The Balaban J connectivity index is 1.76. The average Bonchev–Trinajstić information content (AvgIpc) is 2.30. The molecule has 1 saturated carbocycles. The summed E-state index contributed by atoms with van der Waals surface area (Å²) in [6, 6.07) is 3.78. The Bertz CT molecular complexity index is 391. The van der Waals surface area contributed by atoms with Gasteiger partial charge in [-0.3, -0.25) is 0 Å². The van der Waals surface area contributed by atoms with Gasteiger partial charge in [-0.25, -0.2) is 8.78 Å². The molecular weight excluding hydrogens is 238 g/mol. The highest BCUT2D eigenvalue weighted by atomic mass is 19.2. The van der Waals surface area contributed by atoms with Gasteiger partial charge < -0.3 is 9.84 Å². The summed E-state index contributed by atoms with van der Waals surface area (Å²) in [5.41, 5.74) is -0.0429. The van der Waals surface area contributed by atoms with Gasteiger partial charge >= 0.3 is 0 Å². The molecule has 2 nitrogen and oxygen atoms in total. The maximum absolute atomic E-state index is 13.4. The minimum absolute atomic E-state index is 0.00704. The molecule has 1 atom stereocenters. The molecule has 0 aromatic heterocycles. The Morgan fingerprint density at radius 1 is 1.33 bits per heavy atom. The zero-order valence-electron chi connectivity index (χ0n) is 10.2. The molecule has 0 saturated heterocycles. The number of ether oxygens (including phenoxy) is 1. The normalized spacial score (nSPS) is 17.5. The minimum Gasteiger partial charge on any atom is -0.386 e. The van der Waals surface area contributed by atoms with Crippen LogP contribution in [-0.2, 0) is 4.74 Å². The number of aliphatic hydroxyl groups excluding tert-OH is 1. The van der Waals surface area contributed by atoms with Crippen LogP contribution in [0.25, 0.3) is 0 Å². The average molecular weight is 256 g/mol. The summed E-state index contributed by atoms with van der Waals surface area (Å²) < 4.78 is 31.6. The molecule has 1 N–H and O–H groups in total. The summed E-state index contributed by atoms with van der Waals surface area (Å²) >= 11 is 0. The Labute approximate surface area is 106 Å². The van der Waals surface area contributed by atoms with Crippen molar-refractivity contribution < 1.29 is 18.6 Å². The van der Waals surface area contributed by atoms with Crippen LogP contribution in [-0.4, -0.2) is 18.3 Å². The Morgan fingerprint density at radius 3 is 2.78 bits per heavy atom. The van der Waals surface area contributed by atoms with Crippen molar-refractivity contribution in [2.75, 3.05) is 13.2 Å². The van der Waals surface area contributed by atoms with Crippen molar-refractivity contribution in [2.45, 2.75) is 31.8 Å². The lowest BCUT2D eigenvalue weighted by Gasteiger charge is -2.25. The van der Waals surface area contributed by atoms with Crippen LogP contribution >= 0.6 is 0 Å². The minimum atomic E-state index is -1.11. The third-order valence-electron chi connectivity index (χ3n) is 3.51. The van der Waals surface area contributed by atoms with Crippen LogP contribution in [0.1, 0.15) is 37.4 Å². The Hall–Kier alpha value is -1.00. The van der Waals surface area contributed by atoms with Gasteiger partial charge in [0.05, 0.1) is 6.61 Å². The second-order valence-electron chi connectivity index (χ2n) is 4.82. The largest absolute Gasteiger partial charge is 0.386 e. The molecule has 0 amide bonds. The molecule has 1 aromatic carbocycles. The molecule has 1 aliphatic rings. The summed E-state index contributed by atoms with van der Waals surface area (Å²) in [7, 11) is 0. The standard InChI is InChI=1S/C14H18F2O2/c15-12-6-2-5-11(14(12)16)13(17)9-18-8-7-10-3-1-4-10/h2,5-6,10,13,17H,1,3-4,7-9H2. The zero-order chi connectivity index (χ0) is 13.0. The van der Waals surface area contributed by atoms with Crippen molar-refractivity contribution in [3.63, 3.8) is 0 Å². The number of benzene rings is 1. The molecule has 4 heteroatoms. The van der Waals surface area contributed by atoms with E-state index < -0.39 is 17.7 Å². The van der Waals surface area contributed by atoms with Crippen LogP contribution in [0.15, 0.2) is 18.2 Å². The molecule has 1 aromatic rings. The van der Waals surface area contributed by atoms with E-state index in [1.165, 1.54) is 31.4 Å². The Kier molecular flexibility index (Phi) is 4.66. The number of hydrogen-bond donors (Lipinski definition) is 1. The molecule has 1 aliphatic carbocycles. The van der Waals surface area contributed by atoms with Gasteiger partial charge in [0.2, 0.25) is 0 Å². The van der Waals surface area contributed by atoms with E-state index in [2.05, 4.69) is 0 Å². The first-order valence-corrected chi connectivity index (χ1v) is 6.38. The van der Waals surface area contributed by atoms with E-state index in [1.54, 1.807) is 0 Å². The maximum Gasteiger partial charge on any atom is 0.164 e. The molecule has 0 radical (unpaired) electrons. The lowest BCUT2D eigenvalue weighted by atomic mass is 9.83. The van der Waals surface area contributed by atoms with Crippen molar-refractivity contribution in [3.8, 4) is 0 Å². The van der Waals surface area contributed by atoms with Crippen molar-refractivity contribution in [1.29, 1.82) is 0 Å². The van der Waals surface area contributed by atoms with E-state index in [0.29, 0.717) is 6.61 Å². The highest BCUT2D eigenvalue weighted by molar-refractivity contribution is 5.21. The van der Waals surface area contributed by atoms with Gasteiger partial charge in [-0.15, -0.1) is 0 Å². The van der Waals surface area contributed by atoms with Gasteiger partial charge in [0.15, 0.2) is 11.6 Å². The van der Waals surface area contributed by atoms with Crippen molar-refractivity contribution >= 4 is 0 Å². The molecule has 2 rings (SSSR count). The van der Waals surface area contributed by atoms with E-state index in [4.69, 9.17) is 4.74 Å². The third-order valence-corrected chi connectivity index (χ3v) is 3.51. The molecule has 0 bridgehead atoms. The van der Waals surface area contributed by atoms with Gasteiger partial charge in [0, 0.05) is 12.2 Å². The van der Waals surface area contributed by atoms with Crippen LogP contribution in [0.4, 0.5) is 8.78 Å². The molecule has 0 aliphatic heterocycles. The molecule has 1 fully saturated rings. The van der Waals surface area contributed by atoms with Gasteiger partial charge in [-0.05, 0) is 18.4 Å². The summed E-state index contributed by atoms with van der Waals surface area (Å²) in [4.78, 5) is 0. The zero-order valence-corrected chi connectivity index (χ0v) is 10.2. The summed E-state index contributed by atoms with van der Waals surface area (Å²) in [6.07, 6.45) is 3.68. The van der Waals surface area contributed by atoms with Crippen LogP contribution in [0.5, 0.6) is 0 Å². The summed E-state index contributed by atoms with van der Waals surface area (Å²) in [6.45, 7) is 0.575. The van der Waals surface area contributed by atoms with Crippen molar-refractivity contribution in [2.24, 2.45) is 5.92 Å². The predicted molar refractivity (Wildman–Crippen MR) is 64.1 cm³/mol. The number of aliphatic hydroxyl groups is 1. The molecule has 0 spiro atoms. The fourth-order valence-electron chi connectivity index (χ4n) is 2.09. The quantitative estimate of drug-likeness (QED) is 0.792. The van der Waals surface area contributed by atoms with Crippen LogP contribution < -0.4 is 0 Å². The molecule has 18 heavy (non-hydrogen) atoms. The van der Waals surface area contributed by atoms with Crippen LogP contribution in [0, 0.1) is 17.6 Å². The first-order valence-electron chi connectivity index (χ1n) is 6.38. The molecule has 100 valence electrons. The fourth-order valence-corrected chi connectivity index (χ4v) is 2.09. The first-order chi connectivity index (χ1) is 8.68. The van der Waals surface area contributed by atoms with E-state index >= 15 is 0 Å². The van der Waals surface area contributed by atoms with E-state index in [-0.39, 0.29) is 12.2 Å². The van der Waals surface area contributed by atoms with E-state index in [0.717, 1.165) is 18.4 Å². The van der Waals surface area contributed by atoms with Crippen LogP contribution in [0.2, 0.25) is 0 Å². The third kappa shape index (κ3) is 3.27. The number of halogens is 2. The molecular formula is C14H18F2O2. The topological polar surface area (TPSA) is 29.5 Å². The molecule has 1 unspecified atom stereocenters.